The van der Waals surface area contributed by atoms with E-state index < -0.39 is 0 Å². The number of benzene rings is 4. The second-order valence-electron chi connectivity index (χ2n) is 25.4. The van der Waals surface area contributed by atoms with Gasteiger partial charge in [-0.1, -0.05) is 265 Å². The molecule has 6 aliphatic carbocycles. The molecular formula is C81H90. The van der Waals surface area contributed by atoms with Crippen LogP contribution in [-0.4, -0.2) is 0 Å². The van der Waals surface area contributed by atoms with Gasteiger partial charge in [-0.3, -0.25) is 0 Å². The van der Waals surface area contributed by atoms with Crippen LogP contribution in [0, 0.1) is 29.1 Å². The van der Waals surface area contributed by atoms with Crippen LogP contribution < -0.4 is 0 Å². The van der Waals surface area contributed by atoms with Crippen molar-refractivity contribution in [2.45, 2.75) is 143 Å². The summed E-state index contributed by atoms with van der Waals surface area (Å²) in [5.74, 6) is 3.72. The molecule has 4 aromatic rings. The zero-order chi connectivity index (χ0) is 56.7. The average molecular weight is 1060 g/mol. The maximum atomic E-state index is 4.45. The van der Waals surface area contributed by atoms with E-state index in [-0.39, 0.29) is 10.8 Å². The number of hydrogen-bond donors (Lipinski definition) is 0. The van der Waals surface area contributed by atoms with Crippen LogP contribution in [0.15, 0.2) is 265 Å². The first-order valence-electron chi connectivity index (χ1n) is 30.8. The summed E-state index contributed by atoms with van der Waals surface area (Å²) in [4.78, 5) is 0. The van der Waals surface area contributed by atoms with Crippen LogP contribution >= 0.6 is 0 Å². The molecule has 0 bridgehead atoms. The third kappa shape index (κ3) is 12.9. The van der Waals surface area contributed by atoms with E-state index in [9.17, 15) is 0 Å². The first-order valence-corrected chi connectivity index (χ1v) is 30.8. The molecule has 0 fully saturated rings. The van der Waals surface area contributed by atoms with Gasteiger partial charge in [0.2, 0.25) is 0 Å². The fourth-order valence-corrected chi connectivity index (χ4v) is 14.3. The molecule has 0 spiro atoms. The minimum absolute atomic E-state index is 0.0228. The monoisotopic (exact) mass is 1060 g/mol. The third-order valence-corrected chi connectivity index (χ3v) is 19.8. The molecule has 9 unspecified atom stereocenters. The molecule has 0 heteroatoms. The minimum Gasteiger partial charge on any atom is -0.0946 e. The Morgan fingerprint density at radius 1 is 0.765 bits per heavy atom. The Labute approximate surface area is 489 Å². The predicted molar refractivity (Wildman–Crippen MR) is 351 cm³/mol. The standard InChI is InChI=1S/C81H90/c1-11-13-15-24-57(4)81(10)48-47-75(55-81)73-33-22-30-70(54-73)64-41-43-65(44-42-64)77(50-62-37-39-63(40-38-62)69-29-21-32-72(53-69)71-31-20-27-66(51-71)56(3)23-14-12-2)59(6)58(5)67-45-46-74(52-67)68-28-18-25-61(49-68)26-19-36-78-60(7)76-34-16-17-35-79(76)80(78,8)9/h11-25,27-31,33-37,39,41-45,47-49,51,53,55,58-59,62-63,70,72,74,77H,4,26,32,38,40,46,50,52,54H2,1-3,5-10H3/b13-11-,14-12-,24-15-,36-19-,56-23+. The minimum atomic E-state index is -0.176. The Balaban J connectivity index is 0.841. The Hall–Kier alpha value is -7.02. The summed E-state index contributed by atoms with van der Waals surface area (Å²) in [6.45, 7) is 25.3. The van der Waals surface area contributed by atoms with Crippen molar-refractivity contribution in [1.29, 1.82) is 0 Å². The average Bonchev–Trinajstić information content (AvgIpc) is 4.42. The second-order valence-corrected chi connectivity index (χ2v) is 25.4. The summed E-state index contributed by atoms with van der Waals surface area (Å²) in [6.07, 6.45) is 57.8. The van der Waals surface area contributed by atoms with E-state index in [2.05, 4.69) is 287 Å². The fraction of sp³-hybridized carbons (Fsp3) is 0.333. The molecule has 0 nitrogen and oxygen atoms in total. The van der Waals surface area contributed by atoms with Crippen LogP contribution in [0.1, 0.15) is 175 Å². The highest BCUT2D eigenvalue weighted by Crippen LogP contribution is 2.49. The Bertz CT molecular complexity index is 3410. The predicted octanol–water partition coefficient (Wildman–Crippen LogP) is 22.2. The zero-order valence-electron chi connectivity index (χ0n) is 50.3. The SMILES string of the molecule is C=C(/C=C\C=C/C)C1(C)C=CC(C2=CC=CC(c3ccc(C(CC4C=CC(C5=CC(c6cccc(/C(C)=C/C=C\C)c6)CC=C5)CC4)C(C)C(C)C4=CCC(c5cccc(C/C=C\C6=C(C)c7ccccc7C6(C)C)c5)C4)cc3)C2)=C1. The van der Waals surface area contributed by atoms with Crippen LogP contribution in [-0.2, 0) is 11.8 Å². The molecule has 0 heterocycles. The lowest BCUT2D eigenvalue weighted by Crippen LogP contribution is -2.22. The maximum Gasteiger partial charge on any atom is 0.0290 e. The van der Waals surface area contributed by atoms with Crippen molar-refractivity contribution in [3.05, 3.63) is 309 Å². The molecule has 81 heavy (non-hydrogen) atoms. The van der Waals surface area contributed by atoms with E-state index in [1.807, 2.05) is 6.92 Å². The summed E-state index contributed by atoms with van der Waals surface area (Å²) in [7, 11) is 0. The van der Waals surface area contributed by atoms with Crippen molar-refractivity contribution in [3.63, 3.8) is 0 Å². The molecule has 0 saturated heterocycles. The smallest absolute Gasteiger partial charge is 0.0290 e. The molecule has 0 radical (unpaired) electrons. The van der Waals surface area contributed by atoms with Crippen LogP contribution in [0.4, 0.5) is 0 Å². The van der Waals surface area contributed by atoms with E-state index >= 15 is 0 Å². The Morgan fingerprint density at radius 2 is 1.57 bits per heavy atom. The van der Waals surface area contributed by atoms with Gasteiger partial charge in [-0.25, -0.2) is 0 Å². The van der Waals surface area contributed by atoms with Crippen LogP contribution in [0.2, 0.25) is 0 Å². The van der Waals surface area contributed by atoms with Gasteiger partial charge < -0.3 is 0 Å². The van der Waals surface area contributed by atoms with E-state index in [1.165, 1.54) is 97.2 Å². The lowest BCUT2D eigenvalue weighted by Gasteiger charge is -2.34. The molecular weight excluding hydrogens is 973 g/mol. The summed E-state index contributed by atoms with van der Waals surface area (Å²) >= 11 is 0. The molecule has 9 atom stereocenters. The number of fused-ring (bicyclic) bond motifs is 1. The number of rotatable bonds is 19. The highest BCUT2D eigenvalue weighted by Gasteiger charge is 2.36. The molecule has 10 rings (SSSR count). The molecule has 0 aliphatic heterocycles. The van der Waals surface area contributed by atoms with E-state index in [1.54, 1.807) is 5.57 Å². The van der Waals surface area contributed by atoms with Crippen molar-refractivity contribution in [2.75, 3.05) is 0 Å². The van der Waals surface area contributed by atoms with Crippen molar-refractivity contribution in [3.8, 4) is 0 Å². The zero-order valence-corrected chi connectivity index (χ0v) is 50.3. The maximum absolute atomic E-state index is 4.45. The number of allylic oxidation sites excluding steroid dienone is 29. The van der Waals surface area contributed by atoms with Gasteiger partial charge in [0.05, 0.1) is 0 Å². The fourth-order valence-electron chi connectivity index (χ4n) is 14.3. The lowest BCUT2D eigenvalue weighted by molar-refractivity contribution is 0.306. The van der Waals surface area contributed by atoms with Crippen LogP contribution in [0.25, 0.3) is 11.1 Å². The molecule has 0 aromatic heterocycles. The van der Waals surface area contributed by atoms with E-state index in [0.29, 0.717) is 47.3 Å². The highest BCUT2D eigenvalue weighted by atomic mass is 14.4. The first kappa shape index (κ1) is 57.2. The summed E-state index contributed by atoms with van der Waals surface area (Å²) < 4.78 is 0. The summed E-state index contributed by atoms with van der Waals surface area (Å²) in [5.41, 5.74) is 22.4. The van der Waals surface area contributed by atoms with Crippen LogP contribution in [0.3, 0.4) is 0 Å². The molecule has 6 aliphatic rings. The van der Waals surface area contributed by atoms with Crippen molar-refractivity contribution in [2.24, 2.45) is 29.1 Å². The molecule has 4 aromatic carbocycles. The highest BCUT2D eigenvalue weighted by molar-refractivity contribution is 5.81. The topological polar surface area (TPSA) is 0 Å². The van der Waals surface area contributed by atoms with Crippen LogP contribution in [0.5, 0.6) is 0 Å². The second kappa shape index (κ2) is 25.4. The molecule has 0 amide bonds. The van der Waals surface area contributed by atoms with Crippen molar-refractivity contribution < 1.29 is 0 Å². The van der Waals surface area contributed by atoms with Gasteiger partial charge in [-0.2, -0.15) is 0 Å². The van der Waals surface area contributed by atoms with Gasteiger partial charge in [0.1, 0.15) is 0 Å². The largest absolute Gasteiger partial charge is 0.0946 e. The normalized spacial score (nSPS) is 25.5. The lowest BCUT2D eigenvalue weighted by atomic mass is 9.70. The third-order valence-electron chi connectivity index (χ3n) is 19.8. The van der Waals surface area contributed by atoms with Crippen molar-refractivity contribution in [1.82, 2.24) is 0 Å². The first-order chi connectivity index (χ1) is 39.2. The van der Waals surface area contributed by atoms with Gasteiger partial charge in [-0.05, 0) is 199 Å². The van der Waals surface area contributed by atoms with Gasteiger partial charge >= 0.3 is 0 Å². The molecule has 414 valence electrons. The molecule has 0 saturated carbocycles. The Morgan fingerprint density at radius 3 is 2.36 bits per heavy atom. The van der Waals surface area contributed by atoms with Crippen molar-refractivity contribution >= 4 is 11.1 Å². The number of hydrogen-bond acceptors (Lipinski definition) is 0. The van der Waals surface area contributed by atoms with E-state index in [0.717, 1.165) is 37.7 Å². The summed E-state index contributed by atoms with van der Waals surface area (Å²) in [5, 5.41) is 0. The van der Waals surface area contributed by atoms with E-state index in [4.69, 9.17) is 0 Å². The Kier molecular flexibility index (Phi) is 18.0. The van der Waals surface area contributed by atoms with Gasteiger partial charge in [0, 0.05) is 28.6 Å². The quantitative estimate of drug-likeness (QED) is 0.0648. The van der Waals surface area contributed by atoms with Gasteiger partial charge in [0.15, 0.2) is 0 Å². The van der Waals surface area contributed by atoms with Gasteiger partial charge in [-0.15, -0.1) is 0 Å². The summed E-state index contributed by atoms with van der Waals surface area (Å²) in [6, 6.07) is 37.7. The van der Waals surface area contributed by atoms with Gasteiger partial charge in [0.25, 0.3) is 0 Å². The molecule has 0 N–H and O–H groups in total.